The molecule has 10 nitrogen and oxygen atoms in total. The van der Waals surface area contributed by atoms with Crippen LogP contribution in [0.2, 0.25) is 0 Å². The lowest BCUT2D eigenvalue weighted by Crippen LogP contribution is -2.45. The van der Waals surface area contributed by atoms with E-state index in [-0.39, 0.29) is 11.4 Å². The van der Waals surface area contributed by atoms with Gasteiger partial charge in [0.1, 0.15) is 10.6 Å². The summed E-state index contributed by atoms with van der Waals surface area (Å²) in [5.41, 5.74) is 7.35. The molecule has 2 aromatic carbocycles. The molecule has 5 rings (SSSR count). The van der Waals surface area contributed by atoms with Crippen molar-refractivity contribution in [2.45, 2.75) is 61.4 Å². The van der Waals surface area contributed by atoms with E-state index in [1.807, 2.05) is 24.3 Å². The standard InChI is InChI=1S/C24H30F2N8O2S/c25-34(26)21-9-8-20(22(23(21)37(28,35)36)24-29-31-32-30-24)17-6-4-15(5-7-17)16-10-12-33(13-11-16)19-3-1-2-18(27)14-19/h4-9,16,18-19H,1-3,10-14,27H2,(H2,28,35,36)(H,29,30,31,32). The van der Waals surface area contributed by atoms with Crippen molar-refractivity contribution in [3.8, 4) is 22.5 Å². The smallest absolute Gasteiger partial charge is 0.241 e. The van der Waals surface area contributed by atoms with Gasteiger partial charge in [-0.3, -0.25) is 0 Å². The second-order valence-electron chi connectivity index (χ2n) is 9.86. The Labute approximate surface area is 213 Å². The highest BCUT2D eigenvalue weighted by Crippen LogP contribution is 2.41. The molecular formula is C24H30F2N8O2S. The molecule has 1 aromatic heterocycles. The quantitative estimate of drug-likeness (QED) is 0.410. The number of aromatic nitrogens is 4. The summed E-state index contributed by atoms with van der Waals surface area (Å²) in [4.78, 5) is 1.81. The van der Waals surface area contributed by atoms with Crippen molar-refractivity contribution in [3.05, 3.63) is 42.0 Å². The van der Waals surface area contributed by atoms with Crippen LogP contribution >= 0.6 is 0 Å². The van der Waals surface area contributed by atoms with E-state index in [1.54, 1.807) is 0 Å². The Hall–Kier alpha value is -3.00. The second-order valence-corrected chi connectivity index (χ2v) is 11.4. The Kier molecular flexibility index (Phi) is 7.21. The fraction of sp³-hybridized carbons (Fsp3) is 0.458. The van der Waals surface area contributed by atoms with Crippen molar-refractivity contribution in [1.82, 2.24) is 25.5 Å². The molecule has 0 spiro atoms. The number of aromatic amines is 1. The highest BCUT2D eigenvalue weighted by atomic mass is 32.2. The Morgan fingerprint density at radius 3 is 2.35 bits per heavy atom. The summed E-state index contributed by atoms with van der Waals surface area (Å²) < 4.78 is 52.0. The molecule has 2 heterocycles. The van der Waals surface area contributed by atoms with Crippen LogP contribution in [-0.4, -0.2) is 59.1 Å². The second kappa shape index (κ2) is 10.4. The summed E-state index contributed by atoms with van der Waals surface area (Å²) >= 11 is 0. The third-order valence-corrected chi connectivity index (χ3v) is 8.58. The van der Waals surface area contributed by atoms with Gasteiger partial charge in [0.05, 0.1) is 5.56 Å². The summed E-state index contributed by atoms with van der Waals surface area (Å²) in [6.07, 6.45) is 6.71. The number of rotatable bonds is 6. The molecular weight excluding hydrogens is 502 g/mol. The number of tetrazole rings is 1. The fourth-order valence-corrected chi connectivity index (χ4v) is 6.70. The minimum atomic E-state index is -4.56. The summed E-state index contributed by atoms with van der Waals surface area (Å²) in [5, 5.41) is 17.5. The van der Waals surface area contributed by atoms with Gasteiger partial charge in [0.15, 0.2) is 0 Å². The van der Waals surface area contributed by atoms with Crippen LogP contribution in [0.1, 0.15) is 50.0 Å². The van der Waals surface area contributed by atoms with E-state index in [4.69, 9.17) is 10.9 Å². The van der Waals surface area contributed by atoms with Crippen molar-refractivity contribution in [1.29, 1.82) is 0 Å². The normalized spacial score (nSPS) is 21.7. The minimum Gasteiger partial charge on any atom is -0.328 e. The topological polar surface area (TPSA) is 147 Å². The molecule has 1 aliphatic heterocycles. The summed E-state index contributed by atoms with van der Waals surface area (Å²) in [6.45, 7) is 2.07. The number of likely N-dealkylation sites (tertiary alicyclic amines) is 1. The lowest BCUT2D eigenvalue weighted by molar-refractivity contribution is 0.115. The molecule has 0 amide bonds. The molecule has 1 saturated carbocycles. The van der Waals surface area contributed by atoms with Gasteiger partial charge in [-0.25, -0.2) is 13.6 Å². The Morgan fingerprint density at radius 1 is 1.03 bits per heavy atom. The first-order valence-electron chi connectivity index (χ1n) is 12.4. The van der Waals surface area contributed by atoms with E-state index in [1.165, 1.54) is 24.5 Å². The molecule has 2 fully saturated rings. The number of anilines is 1. The first-order chi connectivity index (χ1) is 17.7. The van der Waals surface area contributed by atoms with E-state index < -0.39 is 26.0 Å². The van der Waals surface area contributed by atoms with Crippen LogP contribution in [0.3, 0.4) is 0 Å². The zero-order valence-corrected chi connectivity index (χ0v) is 21.0. The molecule has 1 aliphatic carbocycles. The van der Waals surface area contributed by atoms with E-state index in [2.05, 4.69) is 25.5 Å². The van der Waals surface area contributed by atoms with Gasteiger partial charge < -0.3 is 10.6 Å². The monoisotopic (exact) mass is 532 g/mol. The number of sulfonamides is 1. The number of halogens is 2. The molecule has 0 radical (unpaired) electrons. The molecule has 198 valence electrons. The SMILES string of the molecule is NC1CCCC(N2CCC(c3ccc(-c4ccc(N(F)F)c(S(N)(=O)=O)c4-c4nn[nH]n4)cc3)CC2)C1. The average molecular weight is 533 g/mol. The van der Waals surface area contributed by atoms with E-state index in [9.17, 15) is 17.4 Å². The average Bonchev–Trinajstić information content (AvgIpc) is 3.42. The van der Waals surface area contributed by atoms with Gasteiger partial charge >= 0.3 is 0 Å². The van der Waals surface area contributed by atoms with Crippen LogP contribution in [0.5, 0.6) is 0 Å². The highest BCUT2D eigenvalue weighted by Gasteiger charge is 2.31. The largest absolute Gasteiger partial charge is 0.328 e. The Morgan fingerprint density at radius 2 is 1.76 bits per heavy atom. The van der Waals surface area contributed by atoms with E-state index in [0.29, 0.717) is 29.1 Å². The Bertz CT molecular complexity index is 1330. The van der Waals surface area contributed by atoms with Gasteiger partial charge in [-0.2, -0.15) is 5.21 Å². The maximum Gasteiger partial charge on any atom is 0.241 e. The lowest BCUT2D eigenvalue weighted by atomic mass is 9.85. The number of nitrogens with zero attached hydrogens (tertiary/aromatic N) is 5. The first kappa shape index (κ1) is 25.6. The van der Waals surface area contributed by atoms with Gasteiger partial charge in [-0.05, 0) is 84.4 Å². The van der Waals surface area contributed by atoms with Crippen molar-refractivity contribution in [2.75, 3.05) is 18.4 Å². The molecule has 2 unspecified atom stereocenters. The number of primary sulfonamides is 1. The first-order valence-corrected chi connectivity index (χ1v) is 13.9. The number of nitrogens with two attached hydrogens (primary N) is 2. The third kappa shape index (κ3) is 5.35. The fourth-order valence-electron chi connectivity index (χ4n) is 5.79. The molecule has 37 heavy (non-hydrogen) atoms. The number of hydrogen-bond acceptors (Lipinski definition) is 8. The van der Waals surface area contributed by atoms with Crippen molar-refractivity contribution in [2.24, 2.45) is 10.9 Å². The number of nitrogens with one attached hydrogen (secondary N) is 1. The number of hydrogen-bond donors (Lipinski definition) is 3. The van der Waals surface area contributed by atoms with Crippen LogP contribution in [0.25, 0.3) is 22.5 Å². The summed E-state index contributed by atoms with van der Waals surface area (Å²) in [6, 6.07) is 11.0. The molecule has 13 heteroatoms. The van der Waals surface area contributed by atoms with Gasteiger partial charge in [0.2, 0.25) is 15.8 Å². The number of benzene rings is 2. The van der Waals surface area contributed by atoms with Crippen molar-refractivity contribution >= 4 is 15.7 Å². The van der Waals surface area contributed by atoms with Crippen LogP contribution in [0.4, 0.5) is 14.6 Å². The number of H-pyrrole nitrogens is 1. The van der Waals surface area contributed by atoms with Crippen LogP contribution in [0.15, 0.2) is 41.3 Å². The molecule has 5 N–H and O–H groups in total. The van der Waals surface area contributed by atoms with Crippen LogP contribution < -0.4 is 16.2 Å². The molecule has 2 aliphatic rings. The van der Waals surface area contributed by atoms with E-state index >= 15 is 0 Å². The lowest BCUT2D eigenvalue weighted by Gasteiger charge is -2.40. The minimum absolute atomic E-state index is 0.138. The molecule has 2 atom stereocenters. The van der Waals surface area contributed by atoms with E-state index in [0.717, 1.165) is 44.8 Å². The zero-order chi connectivity index (χ0) is 26.2. The predicted octanol–water partition coefficient (Wildman–Crippen LogP) is 3.21. The van der Waals surface area contributed by atoms with Gasteiger partial charge in [0, 0.05) is 12.1 Å². The van der Waals surface area contributed by atoms with Gasteiger partial charge in [-0.15, -0.1) is 10.2 Å². The van der Waals surface area contributed by atoms with Crippen LogP contribution in [0, 0.1) is 0 Å². The summed E-state index contributed by atoms with van der Waals surface area (Å²) in [7, 11) is -4.56. The highest BCUT2D eigenvalue weighted by molar-refractivity contribution is 7.89. The molecule has 0 bridgehead atoms. The predicted molar refractivity (Wildman–Crippen MR) is 135 cm³/mol. The molecule has 3 aromatic rings. The maximum atomic E-state index is 13.6. The van der Waals surface area contributed by atoms with Gasteiger partial charge in [0.25, 0.3) is 0 Å². The number of piperidine rings is 1. The zero-order valence-electron chi connectivity index (χ0n) is 20.2. The van der Waals surface area contributed by atoms with Crippen molar-refractivity contribution < 1.29 is 17.4 Å². The maximum absolute atomic E-state index is 13.6. The third-order valence-electron chi connectivity index (χ3n) is 7.60. The Balaban J connectivity index is 1.42. The van der Waals surface area contributed by atoms with Crippen LogP contribution in [-0.2, 0) is 10.0 Å². The summed E-state index contributed by atoms with van der Waals surface area (Å²) in [5.74, 6) is 0.259. The van der Waals surface area contributed by atoms with Crippen molar-refractivity contribution in [3.63, 3.8) is 0 Å². The van der Waals surface area contributed by atoms with Gasteiger partial charge in [-0.1, -0.05) is 45.7 Å². The molecule has 1 saturated heterocycles.